The van der Waals surface area contributed by atoms with Crippen LogP contribution in [-0.4, -0.2) is 34.2 Å². The average Bonchev–Trinajstić information content (AvgIpc) is 3.16. The molecule has 2 heterocycles. The van der Waals surface area contributed by atoms with Crippen LogP contribution in [-0.2, 0) is 4.79 Å². The molecule has 2 aromatic carbocycles. The predicted molar refractivity (Wildman–Crippen MR) is 112 cm³/mol. The number of para-hydroxylation sites is 1. The molecule has 0 spiro atoms. The van der Waals surface area contributed by atoms with Gasteiger partial charge in [-0.15, -0.1) is 5.10 Å². The summed E-state index contributed by atoms with van der Waals surface area (Å²) < 4.78 is 14.9. The van der Waals surface area contributed by atoms with Crippen molar-refractivity contribution < 1.29 is 9.18 Å². The molecule has 1 amide bonds. The molecule has 0 radical (unpaired) electrons. The van der Waals surface area contributed by atoms with E-state index in [9.17, 15) is 9.18 Å². The minimum Gasteiger partial charge on any atom is -0.307 e. The maximum Gasteiger partial charge on any atom is 0.279 e. The topological polar surface area (TPSA) is 62.9 Å². The number of aryl methyl sites for hydroxylation is 1. The summed E-state index contributed by atoms with van der Waals surface area (Å²) in [4.78, 5) is 14.3. The largest absolute Gasteiger partial charge is 0.307 e. The molecular formula is C22H20FN5O. The molecule has 0 N–H and O–H groups in total. The maximum atomic E-state index is 13.2. The lowest BCUT2D eigenvalue weighted by molar-refractivity contribution is -0.112. The van der Waals surface area contributed by atoms with Crippen molar-refractivity contribution in [2.45, 2.75) is 20.8 Å². The van der Waals surface area contributed by atoms with Gasteiger partial charge in [0, 0.05) is 17.7 Å². The first-order chi connectivity index (χ1) is 14.0. The Morgan fingerprint density at radius 2 is 1.83 bits per heavy atom. The van der Waals surface area contributed by atoms with Gasteiger partial charge < -0.3 is 4.90 Å². The predicted octanol–water partition coefficient (Wildman–Crippen LogP) is 3.82. The molecule has 7 heteroatoms. The minimum absolute atomic E-state index is 0.152. The Bertz CT molecular complexity index is 1140. The molecule has 1 aromatic heterocycles. The summed E-state index contributed by atoms with van der Waals surface area (Å²) in [5, 5.41) is 12.9. The van der Waals surface area contributed by atoms with Crippen LogP contribution in [0.3, 0.4) is 0 Å². The smallest absolute Gasteiger partial charge is 0.279 e. The summed E-state index contributed by atoms with van der Waals surface area (Å²) in [6.45, 7) is 6.28. The van der Waals surface area contributed by atoms with E-state index >= 15 is 0 Å². The number of fused-ring (bicyclic) bond motifs is 1. The lowest BCUT2D eigenvalue weighted by Crippen LogP contribution is -2.29. The molecule has 1 aliphatic rings. The molecule has 0 saturated heterocycles. The minimum atomic E-state index is -0.296. The van der Waals surface area contributed by atoms with Crippen LogP contribution < -0.4 is 4.90 Å². The fraction of sp³-hybridized carbons (Fsp3) is 0.182. The number of anilines is 1. The van der Waals surface area contributed by atoms with Crippen LogP contribution >= 0.6 is 0 Å². The molecule has 0 aliphatic carbocycles. The third-order valence-corrected chi connectivity index (χ3v) is 4.98. The normalized spacial score (nSPS) is 15.0. The van der Waals surface area contributed by atoms with Crippen molar-refractivity contribution >= 4 is 23.5 Å². The monoisotopic (exact) mass is 389 g/mol. The standard InChI is InChI=1S/C22H20FN5O/c1-4-27-20-8-6-5-7-18(20)21(22(27)29)25-24-13-19-14(2)26-28(15(19)3)17-11-9-16(23)10-12-17/h5-13H,4H2,1-3H3/b24-13-,25-21+. The van der Waals surface area contributed by atoms with Crippen LogP contribution in [0.1, 0.15) is 29.4 Å². The number of amides is 1. The van der Waals surface area contributed by atoms with Gasteiger partial charge in [-0.05, 0) is 51.1 Å². The van der Waals surface area contributed by atoms with Crippen molar-refractivity contribution in [1.29, 1.82) is 0 Å². The van der Waals surface area contributed by atoms with Gasteiger partial charge in [0.1, 0.15) is 5.82 Å². The van der Waals surface area contributed by atoms with Gasteiger partial charge in [0.05, 0.1) is 29.0 Å². The van der Waals surface area contributed by atoms with Crippen LogP contribution in [0.4, 0.5) is 10.1 Å². The highest BCUT2D eigenvalue weighted by Gasteiger charge is 2.32. The molecule has 0 unspecified atom stereocenters. The Labute approximate surface area is 168 Å². The maximum absolute atomic E-state index is 13.2. The Morgan fingerprint density at radius 1 is 1.10 bits per heavy atom. The quantitative estimate of drug-likeness (QED) is 0.503. The van der Waals surface area contributed by atoms with Crippen molar-refractivity contribution in [2.75, 3.05) is 11.4 Å². The zero-order chi connectivity index (χ0) is 20.5. The van der Waals surface area contributed by atoms with E-state index in [1.807, 2.05) is 45.0 Å². The molecule has 29 heavy (non-hydrogen) atoms. The Balaban J connectivity index is 1.67. The lowest BCUT2D eigenvalue weighted by Gasteiger charge is -2.12. The first kappa shape index (κ1) is 18.7. The fourth-order valence-electron chi connectivity index (χ4n) is 3.49. The number of nitrogens with zero attached hydrogens (tertiary/aromatic N) is 5. The van der Waals surface area contributed by atoms with E-state index in [0.717, 1.165) is 33.9 Å². The van der Waals surface area contributed by atoms with Crippen LogP contribution in [0.2, 0.25) is 0 Å². The molecule has 0 saturated carbocycles. The first-order valence-corrected chi connectivity index (χ1v) is 9.35. The van der Waals surface area contributed by atoms with E-state index in [2.05, 4.69) is 15.3 Å². The Kier molecular flexibility index (Phi) is 4.80. The Hall–Kier alpha value is -3.61. The molecule has 6 nitrogen and oxygen atoms in total. The van der Waals surface area contributed by atoms with Gasteiger partial charge in [-0.3, -0.25) is 4.79 Å². The van der Waals surface area contributed by atoms with Crippen molar-refractivity contribution in [3.8, 4) is 5.69 Å². The van der Waals surface area contributed by atoms with Gasteiger partial charge in [-0.1, -0.05) is 18.2 Å². The van der Waals surface area contributed by atoms with Crippen molar-refractivity contribution in [3.05, 3.63) is 76.9 Å². The highest BCUT2D eigenvalue weighted by atomic mass is 19.1. The van der Waals surface area contributed by atoms with Crippen LogP contribution in [0.5, 0.6) is 0 Å². The zero-order valence-corrected chi connectivity index (χ0v) is 16.4. The summed E-state index contributed by atoms with van der Waals surface area (Å²) in [6.07, 6.45) is 1.61. The third kappa shape index (κ3) is 3.24. The molecule has 3 aromatic rings. The number of benzene rings is 2. The fourth-order valence-corrected chi connectivity index (χ4v) is 3.49. The number of hydrogen-bond donors (Lipinski definition) is 0. The molecule has 146 valence electrons. The van der Waals surface area contributed by atoms with Crippen LogP contribution in [0, 0.1) is 19.7 Å². The van der Waals surface area contributed by atoms with E-state index in [1.54, 1.807) is 27.9 Å². The number of halogens is 1. The van der Waals surface area contributed by atoms with Gasteiger partial charge in [0.2, 0.25) is 0 Å². The second-order valence-electron chi connectivity index (χ2n) is 6.73. The zero-order valence-electron chi connectivity index (χ0n) is 16.4. The molecule has 0 atom stereocenters. The first-order valence-electron chi connectivity index (χ1n) is 9.35. The van der Waals surface area contributed by atoms with Gasteiger partial charge >= 0.3 is 0 Å². The van der Waals surface area contributed by atoms with E-state index in [-0.39, 0.29) is 11.7 Å². The second-order valence-corrected chi connectivity index (χ2v) is 6.73. The highest BCUT2D eigenvalue weighted by molar-refractivity contribution is 6.54. The second kappa shape index (κ2) is 7.43. The molecule has 0 bridgehead atoms. The van der Waals surface area contributed by atoms with E-state index in [0.29, 0.717) is 12.3 Å². The summed E-state index contributed by atoms with van der Waals surface area (Å²) in [7, 11) is 0. The van der Waals surface area contributed by atoms with E-state index < -0.39 is 0 Å². The van der Waals surface area contributed by atoms with Crippen molar-refractivity contribution in [1.82, 2.24) is 9.78 Å². The molecule has 0 fully saturated rings. The van der Waals surface area contributed by atoms with Gasteiger partial charge in [-0.25, -0.2) is 9.07 Å². The lowest BCUT2D eigenvalue weighted by atomic mass is 10.1. The average molecular weight is 389 g/mol. The Morgan fingerprint density at radius 3 is 2.55 bits per heavy atom. The van der Waals surface area contributed by atoms with Crippen molar-refractivity contribution in [2.24, 2.45) is 10.2 Å². The van der Waals surface area contributed by atoms with Crippen molar-refractivity contribution in [3.63, 3.8) is 0 Å². The van der Waals surface area contributed by atoms with Crippen LogP contribution in [0.15, 0.2) is 58.7 Å². The van der Waals surface area contributed by atoms with Crippen LogP contribution in [0.25, 0.3) is 5.69 Å². The number of likely N-dealkylation sites (N-methyl/N-ethyl adjacent to an activating group) is 1. The van der Waals surface area contributed by atoms with E-state index in [4.69, 9.17) is 0 Å². The number of rotatable bonds is 4. The highest BCUT2D eigenvalue weighted by Crippen LogP contribution is 2.28. The van der Waals surface area contributed by atoms with E-state index in [1.165, 1.54) is 12.1 Å². The van der Waals surface area contributed by atoms with Gasteiger partial charge in [-0.2, -0.15) is 10.2 Å². The number of hydrogen-bond acceptors (Lipinski definition) is 4. The summed E-state index contributed by atoms with van der Waals surface area (Å²) in [5.41, 5.74) is 5.16. The summed E-state index contributed by atoms with van der Waals surface area (Å²) in [6, 6.07) is 13.7. The van der Waals surface area contributed by atoms with Gasteiger partial charge in [0.15, 0.2) is 5.71 Å². The summed E-state index contributed by atoms with van der Waals surface area (Å²) >= 11 is 0. The number of aromatic nitrogens is 2. The molecular weight excluding hydrogens is 369 g/mol. The summed E-state index contributed by atoms with van der Waals surface area (Å²) in [5.74, 6) is -0.447. The molecule has 4 rings (SSSR count). The SMILES string of the molecule is CCN1C(=O)/C(=N/N=C\c2c(C)nn(-c3ccc(F)cc3)c2C)c2ccccc21. The molecule has 1 aliphatic heterocycles. The third-order valence-electron chi connectivity index (χ3n) is 4.98. The number of carbonyl (C=O) groups is 1. The van der Waals surface area contributed by atoms with Gasteiger partial charge in [0.25, 0.3) is 5.91 Å². The number of carbonyl (C=O) groups excluding carboxylic acids is 1.